The normalized spacial score (nSPS) is 12.2. The van der Waals surface area contributed by atoms with Crippen molar-refractivity contribution in [2.45, 2.75) is 169 Å². The van der Waals surface area contributed by atoms with Crippen molar-refractivity contribution < 1.29 is 0 Å². The smallest absolute Gasteiger partial charge is 0.129 e. The minimum atomic E-state index is -1.61. The highest BCUT2D eigenvalue weighted by atomic mass is 32.1. The Balaban J connectivity index is 1.53. The summed E-state index contributed by atoms with van der Waals surface area (Å²) in [6.07, 6.45) is 24.3. The first-order valence-corrected chi connectivity index (χ1v) is 29.5. The van der Waals surface area contributed by atoms with Crippen molar-refractivity contribution in [2.75, 3.05) is 0 Å². The molecule has 2 heterocycles. The fourth-order valence-electron chi connectivity index (χ4n) is 7.28. The van der Waals surface area contributed by atoms with E-state index in [-0.39, 0.29) is 0 Å². The lowest BCUT2D eigenvalue weighted by molar-refractivity contribution is 0.576. The van der Waals surface area contributed by atoms with Gasteiger partial charge in [0.25, 0.3) is 0 Å². The van der Waals surface area contributed by atoms with E-state index >= 15 is 0 Å². The molecule has 0 spiro atoms. The number of hydrogen-bond donors (Lipinski definition) is 0. The molecule has 0 aliphatic carbocycles. The summed E-state index contributed by atoms with van der Waals surface area (Å²) in [6, 6.07) is 14.9. The van der Waals surface area contributed by atoms with Crippen LogP contribution >= 0.6 is 22.7 Å². The highest BCUT2D eigenvalue weighted by Crippen LogP contribution is 2.41. The first kappa shape index (κ1) is 40.8. The van der Waals surface area contributed by atoms with Crippen LogP contribution in [0.25, 0.3) is 41.7 Å². The van der Waals surface area contributed by atoms with Gasteiger partial charge in [0.2, 0.25) is 0 Å². The number of benzene rings is 3. The Labute approximate surface area is 327 Å². The Kier molecular flexibility index (Phi) is 15.2. The van der Waals surface area contributed by atoms with E-state index in [0.717, 1.165) is 0 Å². The highest BCUT2D eigenvalue weighted by molar-refractivity contribution is 7.19. The minimum absolute atomic E-state index is 1.19. The van der Waals surface area contributed by atoms with Crippen LogP contribution in [0.15, 0.2) is 36.4 Å². The monoisotopic (exact) mass is 762 g/mol. The Bertz CT molecular complexity index is 1810. The molecule has 5 rings (SSSR count). The molecule has 0 amide bonds. The summed E-state index contributed by atoms with van der Waals surface area (Å²) in [5.41, 5.74) is 9.99. The Morgan fingerprint density at radius 2 is 0.750 bits per heavy atom. The molecule has 0 fully saturated rings. The van der Waals surface area contributed by atoms with Crippen LogP contribution in [0.4, 0.5) is 0 Å². The second kappa shape index (κ2) is 19.3. The zero-order chi connectivity index (χ0) is 37.1. The van der Waals surface area contributed by atoms with Crippen LogP contribution in [0.1, 0.15) is 137 Å². The van der Waals surface area contributed by atoms with E-state index in [1.165, 1.54) is 178 Å². The van der Waals surface area contributed by atoms with E-state index < -0.39 is 16.1 Å². The maximum absolute atomic E-state index is 3.83. The van der Waals surface area contributed by atoms with Crippen LogP contribution in [0.5, 0.6) is 0 Å². The van der Waals surface area contributed by atoms with Crippen LogP contribution in [0, 0.1) is 22.9 Å². The van der Waals surface area contributed by atoms with Crippen LogP contribution in [0.2, 0.25) is 39.3 Å². The number of rotatable bonds is 18. The molecule has 3 aromatic carbocycles. The van der Waals surface area contributed by atoms with Gasteiger partial charge in [0.15, 0.2) is 0 Å². The molecular formula is C48H66S2Si2. The molecule has 2 aromatic heterocycles. The lowest BCUT2D eigenvalue weighted by Crippen LogP contribution is -2.16. The predicted molar refractivity (Wildman–Crippen MR) is 245 cm³/mol. The fourth-order valence-corrected chi connectivity index (χ4v) is 10.5. The third-order valence-electron chi connectivity index (χ3n) is 10.2. The van der Waals surface area contributed by atoms with Gasteiger partial charge in [-0.3, -0.25) is 0 Å². The van der Waals surface area contributed by atoms with Crippen LogP contribution in [-0.4, -0.2) is 16.1 Å². The zero-order valence-corrected chi connectivity index (χ0v) is 37.6. The second-order valence-corrected chi connectivity index (χ2v) is 29.3. The Morgan fingerprint density at radius 1 is 0.423 bits per heavy atom. The molecule has 0 saturated heterocycles. The fraction of sp³-hybridized carbons (Fsp3) is 0.542. The van der Waals surface area contributed by atoms with Crippen molar-refractivity contribution in [1.29, 1.82) is 0 Å². The minimum Gasteiger partial charge on any atom is -0.140 e. The van der Waals surface area contributed by atoms with Gasteiger partial charge < -0.3 is 0 Å². The lowest BCUT2D eigenvalue weighted by atomic mass is 9.91. The lowest BCUT2D eigenvalue weighted by Gasteiger charge is -2.13. The van der Waals surface area contributed by atoms with E-state index in [0.29, 0.717) is 0 Å². The summed E-state index contributed by atoms with van der Waals surface area (Å²) in [7, 11) is -3.22. The van der Waals surface area contributed by atoms with Gasteiger partial charge in [0.1, 0.15) is 16.1 Å². The van der Waals surface area contributed by atoms with Crippen molar-refractivity contribution in [3.05, 3.63) is 57.3 Å². The molecule has 0 unspecified atom stereocenters. The van der Waals surface area contributed by atoms with E-state index in [1.54, 1.807) is 0 Å². The summed E-state index contributed by atoms with van der Waals surface area (Å²) < 4.78 is 2.79. The average molecular weight is 763 g/mol. The summed E-state index contributed by atoms with van der Waals surface area (Å²) in [6.45, 7) is 18.8. The standard InChI is InChI=1S/C48H66S2Si2/c1-9-11-13-15-17-19-21-23-25-39-31-37-33-43-41(27-29-51(3,4)5)46-36-48-38(32-40(50-48)26-24-22-20-18-16-14-12-10-2)34-44(46)42(28-30-52(6,7)8)45(43)35-47(37)49-39/h31-36H,9-26H2,1-8H3. The molecular weight excluding hydrogens is 697 g/mol. The number of aryl methyl sites for hydroxylation is 2. The van der Waals surface area contributed by atoms with Crippen molar-refractivity contribution in [2.24, 2.45) is 0 Å². The highest BCUT2D eigenvalue weighted by Gasteiger charge is 2.18. The Hall–Kier alpha value is -2.35. The number of thiophene rings is 2. The molecule has 0 radical (unpaired) electrons. The molecule has 278 valence electrons. The molecule has 0 aliphatic heterocycles. The molecule has 0 atom stereocenters. The molecule has 0 nitrogen and oxygen atoms in total. The number of unbranched alkanes of at least 4 members (excludes halogenated alkanes) is 14. The van der Waals surface area contributed by atoms with Crippen molar-refractivity contribution in [3.63, 3.8) is 0 Å². The van der Waals surface area contributed by atoms with Crippen molar-refractivity contribution in [3.8, 4) is 22.9 Å². The molecule has 5 aromatic rings. The van der Waals surface area contributed by atoms with E-state index in [1.807, 2.05) is 22.7 Å². The molecule has 52 heavy (non-hydrogen) atoms. The van der Waals surface area contributed by atoms with Gasteiger partial charge in [0.05, 0.1) is 0 Å². The summed E-state index contributed by atoms with van der Waals surface area (Å²) in [5, 5.41) is 7.90. The second-order valence-electron chi connectivity index (χ2n) is 17.5. The predicted octanol–water partition coefficient (Wildman–Crippen LogP) is 16.2. The number of fused-ring (bicyclic) bond motifs is 4. The SMILES string of the molecule is CCCCCCCCCCc1cc2cc3c(C#C[Si](C)(C)C)c4cc5sc(CCCCCCCCCC)cc5cc4c(C#C[Si](C)(C)C)c3cc2s1. The summed E-state index contributed by atoms with van der Waals surface area (Å²) in [5.74, 6) is 7.65. The topological polar surface area (TPSA) is 0 Å². The first-order chi connectivity index (χ1) is 25.0. The van der Waals surface area contributed by atoms with Crippen LogP contribution in [0.3, 0.4) is 0 Å². The average Bonchev–Trinajstić information content (AvgIpc) is 3.68. The van der Waals surface area contributed by atoms with Gasteiger partial charge in [-0.25, -0.2) is 0 Å². The van der Waals surface area contributed by atoms with Crippen molar-refractivity contribution >= 4 is 80.5 Å². The molecule has 0 bridgehead atoms. The maximum Gasteiger partial charge on any atom is 0.129 e. The van der Waals surface area contributed by atoms with Crippen LogP contribution in [-0.2, 0) is 12.8 Å². The van der Waals surface area contributed by atoms with E-state index in [9.17, 15) is 0 Å². The summed E-state index contributed by atoms with van der Waals surface area (Å²) >= 11 is 4.01. The summed E-state index contributed by atoms with van der Waals surface area (Å²) in [4.78, 5) is 3.05. The number of hydrogen-bond acceptors (Lipinski definition) is 2. The van der Waals surface area contributed by atoms with Gasteiger partial charge in [-0.15, -0.1) is 33.8 Å². The molecule has 0 N–H and O–H groups in total. The molecule has 4 heteroatoms. The quantitative estimate of drug-likeness (QED) is 0.0361. The third kappa shape index (κ3) is 11.8. The van der Waals surface area contributed by atoms with E-state index in [2.05, 4.69) is 112 Å². The zero-order valence-electron chi connectivity index (χ0n) is 34.0. The van der Waals surface area contributed by atoms with E-state index in [4.69, 9.17) is 0 Å². The van der Waals surface area contributed by atoms with Crippen LogP contribution < -0.4 is 0 Å². The molecule has 0 saturated carbocycles. The third-order valence-corrected chi connectivity index (χ3v) is 14.2. The van der Waals surface area contributed by atoms with Gasteiger partial charge in [-0.05, 0) is 83.6 Å². The Morgan fingerprint density at radius 3 is 1.10 bits per heavy atom. The van der Waals surface area contributed by atoms with Gasteiger partial charge in [-0.1, -0.05) is 155 Å². The maximum atomic E-state index is 3.83. The van der Waals surface area contributed by atoms with Gasteiger partial charge in [0, 0.05) is 41.1 Å². The largest absolute Gasteiger partial charge is 0.140 e. The first-order valence-electron chi connectivity index (χ1n) is 20.9. The molecule has 0 aliphatic rings. The van der Waals surface area contributed by atoms with Gasteiger partial charge >= 0.3 is 0 Å². The van der Waals surface area contributed by atoms with Crippen molar-refractivity contribution in [1.82, 2.24) is 0 Å². The van der Waals surface area contributed by atoms with Gasteiger partial charge in [-0.2, -0.15) is 0 Å².